The number of halogens is 1. The van der Waals surface area contributed by atoms with Crippen molar-refractivity contribution in [2.24, 2.45) is 0 Å². The predicted octanol–water partition coefficient (Wildman–Crippen LogP) is 5.37. The molecule has 0 atom stereocenters. The van der Waals surface area contributed by atoms with Gasteiger partial charge < -0.3 is 14.8 Å². The van der Waals surface area contributed by atoms with Gasteiger partial charge in [-0.1, -0.05) is 47.5 Å². The van der Waals surface area contributed by atoms with Gasteiger partial charge in [-0.15, -0.1) is 0 Å². The fraction of sp³-hybridized carbons (Fsp3) is 0.154. The van der Waals surface area contributed by atoms with E-state index in [2.05, 4.69) is 5.32 Å². The Hall–Kier alpha value is -3.77. The molecule has 3 aromatic rings. The Balaban J connectivity index is 1.89. The molecule has 1 aliphatic rings. The Morgan fingerprint density at radius 3 is 2.30 bits per heavy atom. The van der Waals surface area contributed by atoms with Gasteiger partial charge in [-0.05, 0) is 49.2 Å². The minimum atomic E-state index is -0.499. The van der Waals surface area contributed by atoms with E-state index in [-0.39, 0.29) is 11.3 Å². The van der Waals surface area contributed by atoms with E-state index < -0.39 is 11.8 Å². The van der Waals surface area contributed by atoms with Crippen molar-refractivity contribution < 1.29 is 19.1 Å². The molecule has 33 heavy (non-hydrogen) atoms. The summed E-state index contributed by atoms with van der Waals surface area (Å²) < 4.78 is 10.7. The maximum absolute atomic E-state index is 13.7. The van der Waals surface area contributed by atoms with Gasteiger partial charge in [0, 0.05) is 6.07 Å². The zero-order valence-electron chi connectivity index (χ0n) is 18.7. The zero-order valence-corrected chi connectivity index (χ0v) is 19.5. The Morgan fingerprint density at radius 1 is 0.879 bits per heavy atom. The van der Waals surface area contributed by atoms with Crippen molar-refractivity contribution in [3.05, 3.63) is 88.1 Å². The van der Waals surface area contributed by atoms with Crippen LogP contribution in [-0.4, -0.2) is 26.0 Å². The van der Waals surface area contributed by atoms with E-state index in [9.17, 15) is 9.59 Å². The van der Waals surface area contributed by atoms with Gasteiger partial charge in [0.1, 0.15) is 17.2 Å². The number of nitrogens with zero attached hydrogens (tertiary/aromatic N) is 1. The van der Waals surface area contributed by atoms with Crippen LogP contribution in [0.5, 0.6) is 11.5 Å². The summed E-state index contributed by atoms with van der Waals surface area (Å²) in [4.78, 5) is 28.4. The Bertz CT molecular complexity index is 1300. The lowest BCUT2D eigenvalue weighted by Crippen LogP contribution is -2.32. The van der Waals surface area contributed by atoms with Crippen LogP contribution in [-0.2, 0) is 9.59 Å². The maximum atomic E-state index is 13.7. The number of nitrogens with one attached hydrogen (secondary N) is 1. The number of aryl methyl sites for hydroxylation is 2. The normalized spacial score (nSPS) is 13.5. The second-order valence-corrected chi connectivity index (χ2v) is 8.06. The van der Waals surface area contributed by atoms with E-state index in [0.717, 1.165) is 16.0 Å². The highest BCUT2D eigenvalue weighted by Gasteiger charge is 2.41. The molecule has 2 amide bonds. The lowest BCUT2D eigenvalue weighted by Gasteiger charge is -2.17. The molecule has 0 saturated carbocycles. The number of hydrogen-bond donors (Lipinski definition) is 1. The fourth-order valence-corrected chi connectivity index (χ4v) is 4.10. The molecule has 4 rings (SSSR count). The first kappa shape index (κ1) is 22.4. The fourth-order valence-electron chi connectivity index (χ4n) is 3.88. The van der Waals surface area contributed by atoms with Gasteiger partial charge in [-0.25, -0.2) is 4.90 Å². The smallest absolute Gasteiger partial charge is 0.282 e. The molecule has 1 N–H and O–H groups in total. The molecule has 168 valence electrons. The molecule has 0 spiro atoms. The lowest BCUT2D eigenvalue weighted by molar-refractivity contribution is -0.120. The average molecular weight is 463 g/mol. The molecule has 3 aromatic carbocycles. The summed E-state index contributed by atoms with van der Waals surface area (Å²) in [6.45, 7) is 3.89. The number of carbonyl (C=O) groups excluding carboxylic acids is 2. The third-order valence-electron chi connectivity index (χ3n) is 5.50. The molecule has 0 saturated heterocycles. The molecule has 0 radical (unpaired) electrons. The van der Waals surface area contributed by atoms with Crippen LogP contribution in [0.3, 0.4) is 0 Å². The van der Waals surface area contributed by atoms with Gasteiger partial charge in [0.2, 0.25) is 0 Å². The second-order valence-electron chi connectivity index (χ2n) is 7.66. The lowest BCUT2D eigenvalue weighted by atomic mass is 9.97. The largest absolute Gasteiger partial charge is 0.497 e. The molecular formula is C26H23ClN2O4. The number of ether oxygens (including phenoxy) is 2. The first-order chi connectivity index (χ1) is 15.8. The molecule has 0 aromatic heterocycles. The van der Waals surface area contributed by atoms with E-state index >= 15 is 0 Å². The van der Waals surface area contributed by atoms with E-state index in [1.807, 2.05) is 32.0 Å². The molecule has 1 aliphatic heterocycles. The second kappa shape index (κ2) is 9.00. The van der Waals surface area contributed by atoms with Gasteiger partial charge >= 0.3 is 0 Å². The minimum absolute atomic E-state index is 0.148. The predicted molar refractivity (Wildman–Crippen MR) is 130 cm³/mol. The SMILES string of the molecule is COc1ccc(NC2=C(c3ccc(C)cc3C)C(=O)N(c3ccccc3Cl)C2=O)c(OC)c1. The van der Waals surface area contributed by atoms with Crippen molar-refractivity contribution in [2.75, 3.05) is 24.4 Å². The zero-order chi connectivity index (χ0) is 23.7. The minimum Gasteiger partial charge on any atom is -0.497 e. The van der Waals surface area contributed by atoms with Gasteiger partial charge in [-0.2, -0.15) is 0 Å². The van der Waals surface area contributed by atoms with Crippen LogP contribution in [0.4, 0.5) is 11.4 Å². The molecule has 0 unspecified atom stereocenters. The summed E-state index contributed by atoms with van der Waals surface area (Å²) >= 11 is 6.35. The van der Waals surface area contributed by atoms with Gasteiger partial charge in [0.25, 0.3) is 11.8 Å². The Kier molecular flexibility index (Phi) is 6.11. The number of benzene rings is 3. The number of methoxy groups -OCH3 is 2. The summed E-state index contributed by atoms with van der Waals surface area (Å²) in [6, 6.07) is 17.7. The highest BCUT2D eigenvalue weighted by atomic mass is 35.5. The van der Waals surface area contributed by atoms with Crippen molar-refractivity contribution in [1.29, 1.82) is 0 Å². The van der Waals surface area contributed by atoms with E-state index in [1.54, 1.807) is 49.6 Å². The van der Waals surface area contributed by atoms with Gasteiger partial charge in [0.05, 0.1) is 36.2 Å². The maximum Gasteiger partial charge on any atom is 0.282 e. The standard InChI is InChI=1S/C26H23ClN2O4/c1-15-9-11-18(16(2)13-15)23-24(28-20-12-10-17(32-3)14-22(20)33-4)26(31)29(25(23)30)21-8-6-5-7-19(21)27/h5-14,28H,1-4H3. The number of amides is 2. The number of carbonyl (C=O) groups is 2. The molecule has 6 nitrogen and oxygen atoms in total. The molecule has 7 heteroatoms. The Morgan fingerprint density at radius 2 is 1.64 bits per heavy atom. The molecular weight excluding hydrogens is 440 g/mol. The molecule has 0 bridgehead atoms. The topological polar surface area (TPSA) is 67.9 Å². The summed E-state index contributed by atoms with van der Waals surface area (Å²) in [5.41, 5.74) is 3.89. The number of rotatable bonds is 6. The van der Waals surface area contributed by atoms with E-state index in [4.69, 9.17) is 21.1 Å². The van der Waals surface area contributed by atoms with Crippen LogP contribution < -0.4 is 19.7 Å². The summed E-state index contributed by atoms with van der Waals surface area (Å²) in [7, 11) is 3.08. The number of hydrogen-bond acceptors (Lipinski definition) is 5. The molecule has 0 fully saturated rings. The first-order valence-electron chi connectivity index (χ1n) is 10.3. The highest BCUT2D eigenvalue weighted by Crippen LogP contribution is 2.39. The van der Waals surface area contributed by atoms with Crippen molar-refractivity contribution >= 4 is 40.4 Å². The quantitative estimate of drug-likeness (QED) is 0.499. The van der Waals surface area contributed by atoms with Crippen LogP contribution in [0.15, 0.2) is 66.4 Å². The molecule has 1 heterocycles. The number of imide groups is 1. The van der Waals surface area contributed by atoms with Crippen LogP contribution >= 0.6 is 11.6 Å². The third kappa shape index (κ3) is 4.05. The highest BCUT2D eigenvalue weighted by molar-refractivity contribution is 6.48. The summed E-state index contributed by atoms with van der Waals surface area (Å²) in [5.74, 6) is 0.127. The van der Waals surface area contributed by atoms with Crippen LogP contribution in [0.2, 0.25) is 5.02 Å². The van der Waals surface area contributed by atoms with Crippen LogP contribution in [0.1, 0.15) is 16.7 Å². The average Bonchev–Trinajstić information content (AvgIpc) is 3.04. The van der Waals surface area contributed by atoms with E-state index in [0.29, 0.717) is 33.5 Å². The number of para-hydroxylation sites is 1. The first-order valence-corrected chi connectivity index (χ1v) is 10.7. The summed E-state index contributed by atoms with van der Waals surface area (Å²) in [5, 5.41) is 3.45. The van der Waals surface area contributed by atoms with Crippen molar-refractivity contribution in [1.82, 2.24) is 0 Å². The third-order valence-corrected chi connectivity index (χ3v) is 5.82. The van der Waals surface area contributed by atoms with E-state index in [1.165, 1.54) is 7.11 Å². The van der Waals surface area contributed by atoms with Crippen molar-refractivity contribution in [3.63, 3.8) is 0 Å². The monoisotopic (exact) mass is 462 g/mol. The molecule has 0 aliphatic carbocycles. The van der Waals surface area contributed by atoms with Gasteiger partial charge in [0.15, 0.2) is 0 Å². The number of anilines is 2. The van der Waals surface area contributed by atoms with Crippen molar-refractivity contribution in [3.8, 4) is 11.5 Å². The van der Waals surface area contributed by atoms with Crippen LogP contribution in [0, 0.1) is 13.8 Å². The van der Waals surface area contributed by atoms with Crippen molar-refractivity contribution in [2.45, 2.75) is 13.8 Å². The summed E-state index contributed by atoms with van der Waals surface area (Å²) in [6.07, 6.45) is 0. The Labute approximate surface area is 197 Å². The van der Waals surface area contributed by atoms with Crippen LogP contribution in [0.25, 0.3) is 5.57 Å². The van der Waals surface area contributed by atoms with Gasteiger partial charge in [-0.3, -0.25) is 9.59 Å².